The minimum absolute atomic E-state index is 0.242. The van der Waals surface area contributed by atoms with Crippen LogP contribution in [0.1, 0.15) is 22.5 Å². The molecule has 0 bridgehead atoms. The highest BCUT2D eigenvalue weighted by Crippen LogP contribution is 2.22. The van der Waals surface area contributed by atoms with E-state index >= 15 is 0 Å². The lowest BCUT2D eigenvalue weighted by atomic mass is 10.2. The Morgan fingerprint density at radius 1 is 1.56 bits per heavy atom. The van der Waals surface area contributed by atoms with E-state index in [0.29, 0.717) is 29.3 Å². The van der Waals surface area contributed by atoms with Gasteiger partial charge in [-0.25, -0.2) is 4.79 Å². The van der Waals surface area contributed by atoms with Gasteiger partial charge in [-0.15, -0.1) is 11.3 Å². The lowest BCUT2D eigenvalue weighted by molar-refractivity contribution is -0.149. The normalized spacial score (nSPS) is 22.9. The zero-order valence-corrected chi connectivity index (χ0v) is 11.0. The molecule has 1 aromatic rings. The van der Waals surface area contributed by atoms with Crippen molar-refractivity contribution in [3.8, 4) is 0 Å². The maximum Gasteiger partial charge on any atom is 0.332 e. The van der Waals surface area contributed by atoms with E-state index in [1.165, 1.54) is 11.3 Å². The number of aliphatic carboxylic acids is 1. The summed E-state index contributed by atoms with van der Waals surface area (Å²) < 4.78 is 5.28. The smallest absolute Gasteiger partial charge is 0.332 e. The molecule has 1 saturated heterocycles. The standard InChI is InChI=1S/C11H12ClNO4S/c12-7-3-4-18-9(7)10(14)13-5-6-1-2-8(17-6)11(15)16/h3-4,6,8H,1-2,5H2,(H,13,14)(H,15,16). The number of ether oxygens (including phenoxy) is 1. The third kappa shape index (κ3) is 3.01. The number of halogens is 1. The van der Waals surface area contributed by atoms with Crippen molar-refractivity contribution in [1.29, 1.82) is 0 Å². The van der Waals surface area contributed by atoms with Gasteiger partial charge in [-0.1, -0.05) is 11.6 Å². The lowest BCUT2D eigenvalue weighted by Crippen LogP contribution is -2.32. The molecular weight excluding hydrogens is 278 g/mol. The third-order valence-electron chi connectivity index (χ3n) is 2.70. The Hall–Kier alpha value is -1.11. The average molecular weight is 290 g/mol. The van der Waals surface area contributed by atoms with Crippen molar-refractivity contribution < 1.29 is 19.4 Å². The average Bonchev–Trinajstić information content (AvgIpc) is 2.94. The van der Waals surface area contributed by atoms with Crippen molar-refractivity contribution in [3.63, 3.8) is 0 Å². The monoisotopic (exact) mass is 289 g/mol. The first-order valence-corrected chi connectivity index (χ1v) is 6.73. The number of hydrogen-bond acceptors (Lipinski definition) is 4. The SMILES string of the molecule is O=C(NCC1CCC(C(=O)O)O1)c1sccc1Cl. The zero-order chi connectivity index (χ0) is 13.1. The second-order valence-electron chi connectivity index (χ2n) is 3.97. The van der Waals surface area contributed by atoms with Crippen LogP contribution in [-0.2, 0) is 9.53 Å². The molecule has 1 fully saturated rings. The summed E-state index contributed by atoms with van der Waals surface area (Å²) in [6.07, 6.45) is 0.122. The van der Waals surface area contributed by atoms with E-state index in [0.717, 1.165) is 0 Å². The van der Waals surface area contributed by atoms with Crippen molar-refractivity contribution >= 4 is 34.8 Å². The Bertz CT molecular complexity index is 462. The lowest BCUT2D eigenvalue weighted by Gasteiger charge is -2.11. The first-order valence-electron chi connectivity index (χ1n) is 5.47. The van der Waals surface area contributed by atoms with Crippen LogP contribution in [-0.4, -0.2) is 35.7 Å². The number of carboxylic acid groups (broad SMARTS) is 1. The molecule has 0 aliphatic carbocycles. The summed E-state index contributed by atoms with van der Waals surface area (Å²) in [6.45, 7) is 0.302. The Kier molecular flexibility index (Phi) is 4.21. The first-order chi connectivity index (χ1) is 8.58. The van der Waals surface area contributed by atoms with Crippen LogP contribution in [0.5, 0.6) is 0 Å². The summed E-state index contributed by atoms with van der Waals surface area (Å²) >= 11 is 7.10. The summed E-state index contributed by atoms with van der Waals surface area (Å²) in [5.74, 6) is -1.21. The number of rotatable bonds is 4. The van der Waals surface area contributed by atoms with E-state index < -0.39 is 12.1 Å². The molecule has 2 N–H and O–H groups in total. The number of carbonyl (C=O) groups excluding carboxylic acids is 1. The van der Waals surface area contributed by atoms with Crippen LogP contribution in [0.2, 0.25) is 5.02 Å². The van der Waals surface area contributed by atoms with Gasteiger partial charge in [0, 0.05) is 6.54 Å². The van der Waals surface area contributed by atoms with Gasteiger partial charge < -0.3 is 15.2 Å². The molecule has 5 nitrogen and oxygen atoms in total. The molecule has 1 aliphatic rings. The predicted octanol–water partition coefficient (Wildman–Crippen LogP) is 1.76. The Labute approximate surface area is 113 Å². The molecule has 2 unspecified atom stereocenters. The number of thiophene rings is 1. The molecule has 0 radical (unpaired) electrons. The number of nitrogens with one attached hydrogen (secondary N) is 1. The number of amides is 1. The van der Waals surface area contributed by atoms with Gasteiger partial charge in [-0.05, 0) is 24.3 Å². The highest BCUT2D eigenvalue weighted by Gasteiger charge is 2.30. The van der Waals surface area contributed by atoms with E-state index in [9.17, 15) is 9.59 Å². The summed E-state index contributed by atoms with van der Waals surface area (Å²) in [5.41, 5.74) is 0. The van der Waals surface area contributed by atoms with Crippen LogP contribution < -0.4 is 5.32 Å². The molecule has 98 valence electrons. The van der Waals surface area contributed by atoms with Crippen molar-refractivity contribution in [3.05, 3.63) is 21.3 Å². The molecule has 0 saturated carbocycles. The molecule has 1 amide bonds. The van der Waals surface area contributed by atoms with Crippen LogP contribution >= 0.6 is 22.9 Å². The maximum absolute atomic E-state index is 11.7. The molecule has 2 rings (SSSR count). The van der Waals surface area contributed by atoms with E-state index in [4.69, 9.17) is 21.4 Å². The summed E-state index contributed by atoms with van der Waals surface area (Å²) in [5, 5.41) is 13.6. The van der Waals surface area contributed by atoms with E-state index in [1.807, 2.05) is 0 Å². The van der Waals surface area contributed by atoms with Gasteiger partial charge >= 0.3 is 5.97 Å². The van der Waals surface area contributed by atoms with Gasteiger partial charge in [0.25, 0.3) is 5.91 Å². The van der Waals surface area contributed by atoms with Gasteiger partial charge in [0.15, 0.2) is 6.10 Å². The highest BCUT2D eigenvalue weighted by atomic mass is 35.5. The summed E-state index contributed by atoms with van der Waals surface area (Å²) in [4.78, 5) is 22.9. The molecule has 0 spiro atoms. The van der Waals surface area contributed by atoms with Gasteiger partial charge in [0.1, 0.15) is 4.88 Å². The molecule has 2 heterocycles. The molecule has 1 aliphatic heterocycles. The third-order valence-corrected chi connectivity index (χ3v) is 4.04. The highest BCUT2D eigenvalue weighted by molar-refractivity contribution is 7.12. The topological polar surface area (TPSA) is 75.6 Å². The van der Waals surface area contributed by atoms with Crippen molar-refractivity contribution in [1.82, 2.24) is 5.32 Å². The van der Waals surface area contributed by atoms with E-state index in [1.54, 1.807) is 11.4 Å². The number of hydrogen-bond donors (Lipinski definition) is 2. The van der Waals surface area contributed by atoms with Crippen LogP contribution in [0.4, 0.5) is 0 Å². The van der Waals surface area contributed by atoms with Crippen LogP contribution in [0.3, 0.4) is 0 Å². The van der Waals surface area contributed by atoms with Gasteiger partial charge in [0.2, 0.25) is 0 Å². The molecule has 0 aromatic carbocycles. The first kappa shape index (κ1) is 13.3. The largest absolute Gasteiger partial charge is 0.479 e. The van der Waals surface area contributed by atoms with Crippen molar-refractivity contribution in [2.24, 2.45) is 0 Å². The van der Waals surface area contributed by atoms with Crippen molar-refractivity contribution in [2.45, 2.75) is 25.0 Å². The maximum atomic E-state index is 11.7. The fourth-order valence-corrected chi connectivity index (χ4v) is 2.84. The molecule has 2 atom stereocenters. The zero-order valence-electron chi connectivity index (χ0n) is 9.39. The molecule has 7 heteroatoms. The fourth-order valence-electron chi connectivity index (χ4n) is 1.78. The van der Waals surface area contributed by atoms with Crippen LogP contribution in [0, 0.1) is 0 Å². The summed E-state index contributed by atoms with van der Waals surface area (Å²) in [6, 6.07) is 1.66. The molecule has 18 heavy (non-hydrogen) atoms. The number of carboxylic acids is 1. The van der Waals surface area contributed by atoms with Crippen molar-refractivity contribution in [2.75, 3.05) is 6.54 Å². The Morgan fingerprint density at radius 3 is 2.89 bits per heavy atom. The quantitative estimate of drug-likeness (QED) is 0.886. The molecular formula is C11H12ClNO4S. The number of carbonyl (C=O) groups is 2. The Balaban J connectivity index is 1.81. The van der Waals surface area contributed by atoms with E-state index in [2.05, 4.69) is 5.32 Å². The van der Waals surface area contributed by atoms with E-state index in [-0.39, 0.29) is 12.0 Å². The van der Waals surface area contributed by atoms with Gasteiger partial charge in [-0.2, -0.15) is 0 Å². The van der Waals surface area contributed by atoms with Crippen LogP contribution in [0.15, 0.2) is 11.4 Å². The fraction of sp³-hybridized carbons (Fsp3) is 0.455. The predicted molar refractivity (Wildman–Crippen MR) is 67.2 cm³/mol. The summed E-state index contributed by atoms with van der Waals surface area (Å²) in [7, 11) is 0. The minimum atomic E-state index is -0.954. The molecule has 1 aromatic heterocycles. The second kappa shape index (κ2) is 5.69. The van der Waals surface area contributed by atoms with Gasteiger partial charge in [0.05, 0.1) is 11.1 Å². The minimum Gasteiger partial charge on any atom is -0.479 e. The Morgan fingerprint density at radius 2 is 2.33 bits per heavy atom. The van der Waals surface area contributed by atoms with Gasteiger partial charge in [-0.3, -0.25) is 4.79 Å². The second-order valence-corrected chi connectivity index (χ2v) is 5.29. The van der Waals surface area contributed by atoms with Crippen LogP contribution in [0.25, 0.3) is 0 Å².